The van der Waals surface area contributed by atoms with Gasteiger partial charge in [0.15, 0.2) is 0 Å². The zero-order valence-corrected chi connectivity index (χ0v) is 12.5. The van der Waals surface area contributed by atoms with Crippen molar-refractivity contribution in [1.82, 2.24) is 0 Å². The van der Waals surface area contributed by atoms with Crippen molar-refractivity contribution >= 4 is 11.3 Å². The van der Waals surface area contributed by atoms with Crippen molar-refractivity contribution in [2.45, 2.75) is 45.6 Å². The number of benzene rings is 1. The molecule has 1 aromatic heterocycles. The number of thiophene rings is 1. The summed E-state index contributed by atoms with van der Waals surface area (Å²) in [5, 5.41) is 0. The fourth-order valence-corrected chi connectivity index (χ4v) is 4.29. The summed E-state index contributed by atoms with van der Waals surface area (Å²) < 4.78 is 0. The summed E-state index contributed by atoms with van der Waals surface area (Å²) in [6.07, 6.45) is 4.80. The lowest BCUT2D eigenvalue weighted by molar-refractivity contribution is 0.728. The van der Waals surface area contributed by atoms with Gasteiger partial charge >= 0.3 is 0 Å². The van der Waals surface area contributed by atoms with Gasteiger partial charge in [-0.2, -0.15) is 0 Å². The molecule has 1 atom stereocenters. The van der Waals surface area contributed by atoms with Crippen LogP contribution in [0.2, 0.25) is 0 Å². The highest BCUT2D eigenvalue weighted by molar-refractivity contribution is 7.12. The number of aryl methyl sites for hydroxylation is 4. The van der Waals surface area contributed by atoms with Crippen LogP contribution in [0, 0.1) is 13.8 Å². The highest BCUT2D eigenvalue weighted by Crippen LogP contribution is 2.34. The summed E-state index contributed by atoms with van der Waals surface area (Å²) in [6, 6.07) is 8.99. The predicted octanol–water partition coefficient (Wildman–Crippen LogP) is 4.10. The SMILES string of the molecule is Cc1cccc(C)c1CC(N)c1cc2c(s1)CCC2. The molecule has 1 aliphatic carbocycles. The standard InChI is InChI=1S/C17H21NS/c1-11-5-3-6-12(2)14(11)10-15(18)17-9-13-7-4-8-16(13)19-17/h3,5-6,9,15H,4,7-8,10,18H2,1-2H3. The number of fused-ring (bicyclic) bond motifs is 1. The Kier molecular flexibility index (Phi) is 3.46. The highest BCUT2D eigenvalue weighted by Gasteiger charge is 2.19. The highest BCUT2D eigenvalue weighted by atomic mass is 32.1. The number of hydrogen-bond acceptors (Lipinski definition) is 2. The van der Waals surface area contributed by atoms with Crippen LogP contribution in [-0.4, -0.2) is 0 Å². The first-order valence-corrected chi connectivity index (χ1v) is 7.89. The Morgan fingerprint density at radius 3 is 2.63 bits per heavy atom. The minimum atomic E-state index is 0.149. The second kappa shape index (κ2) is 5.10. The van der Waals surface area contributed by atoms with Crippen molar-refractivity contribution in [1.29, 1.82) is 0 Å². The minimum Gasteiger partial charge on any atom is -0.323 e. The topological polar surface area (TPSA) is 26.0 Å². The van der Waals surface area contributed by atoms with Gasteiger partial charge in [0.05, 0.1) is 0 Å². The molecule has 1 nitrogen and oxygen atoms in total. The van der Waals surface area contributed by atoms with E-state index in [0.29, 0.717) is 0 Å². The Hall–Kier alpha value is -1.12. The van der Waals surface area contributed by atoms with Gasteiger partial charge in [-0.05, 0) is 67.9 Å². The van der Waals surface area contributed by atoms with Crippen LogP contribution in [0.15, 0.2) is 24.3 Å². The molecule has 1 aliphatic rings. The first-order chi connectivity index (χ1) is 9.15. The van der Waals surface area contributed by atoms with Crippen molar-refractivity contribution in [3.05, 3.63) is 56.3 Å². The molecule has 0 radical (unpaired) electrons. The maximum Gasteiger partial charge on any atom is 0.0431 e. The van der Waals surface area contributed by atoms with Crippen LogP contribution >= 0.6 is 11.3 Å². The molecule has 1 heterocycles. The van der Waals surface area contributed by atoms with E-state index in [9.17, 15) is 0 Å². The quantitative estimate of drug-likeness (QED) is 0.893. The first kappa shape index (κ1) is 12.9. The molecule has 0 aliphatic heterocycles. The van der Waals surface area contributed by atoms with Crippen molar-refractivity contribution in [2.24, 2.45) is 5.73 Å². The average Bonchev–Trinajstić information content (AvgIpc) is 2.94. The van der Waals surface area contributed by atoms with Crippen LogP contribution in [0.5, 0.6) is 0 Å². The van der Waals surface area contributed by atoms with Gasteiger partial charge in [-0.15, -0.1) is 11.3 Å². The van der Waals surface area contributed by atoms with Gasteiger partial charge in [0.2, 0.25) is 0 Å². The van der Waals surface area contributed by atoms with E-state index in [1.54, 1.807) is 10.4 Å². The van der Waals surface area contributed by atoms with Gasteiger partial charge in [0.1, 0.15) is 0 Å². The van der Waals surface area contributed by atoms with E-state index in [1.807, 2.05) is 11.3 Å². The Morgan fingerprint density at radius 1 is 1.21 bits per heavy atom. The molecule has 2 N–H and O–H groups in total. The second-order valence-electron chi connectivity index (χ2n) is 5.63. The zero-order valence-electron chi connectivity index (χ0n) is 11.7. The minimum absolute atomic E-state index is 0.149. The van der Waals surface area contributed by atoms with Crippen LogP contribution in [0.25, 0.3) is 0 Å². The predicted molar refractivity (Wildman–Crippen MR) is 82.9 cm³/mol. The monoisotopic (exact) mass is 271 g/mol. The van der Waals surface area contributed by atoms with E-state index < -0.39 is 0 Å². The van der Waals surface area contributed by atoms with Gasteiger partial charge in [0.25, 0.3) is 0 Å². The molecular weight excluding hydrogens is 250 g/mol. The van der Waals surface area contributed by atoms with E-state index in [4.69, 9.17) is 5.73 Å². The molecule has 3 rings (SSSR count). The number of nitrogens with two attached hydrogens (primary N) is 1. The Labute approximate surface area is 119 Å². The van der Waals surface area contributed by atoms with Gasteiger partial charge in [0, 0.05) is 15.8 Å². The Morgan fingerprint density at radius 2 is 1.95 bits per heavy atom. The van der Waals surface area contributed by atoms with Crippen molar-refractivity contribution < 1.29 is 0 Å². The molecule has 19 heavy (non-hydrogen) atoms. The smallest absolute Gasteiger partial charge is 0.0431 e. The lowest BCUT2D eigenvalue weighted by atomic mass is 9.96. The van der Waals surface area contributed by atoms with Crippen LogP contribution in [-0.2, 0) is 19.3 Å². The summed E-state index contributed by atoms with van der Waals surface area (Å²) in [5.74, 6) is 0. The van der Waals surface area contributed by atoms with Crippen LogP contribution in [0.4, 0.5) is 0 Å². The molecule has 2 aromatic rings. The number of rotatable bonds is 3. The normalized spacial score (nSPS) is 15.5. The molecule has 0 spiro atoms. The molecule has 0 amide bonds. The largest absolute Gasteiger partial charge is 0.323 e. The van der Waals surface area contributed by atoms with Gasteiger partial charge in [-0.25, -0.2) is 0 Å². The average molecular weight is 271 g/mol. The summed E-state index contributed by atoms with van der Waals surface area (Å²) >= 11 is 1.94. The number of hydrogen-bond donors (Lipinski definition) is 1. The van der Waals surface area contributed by atoms with Crippen LogP contribution < -0.4 is 5.73 Å². The zero-order chi connectivity index (χ0) is 13.4. The molecule has 0 bridgehead atoms. The lowest BCUT2D eigenvalue weighted by Gasteiger charge is -2.14. The summed E-state index contributed by atoms with van der Waals surface area (Å²) in [6.45, 7) is 4.37. The molecule has 1 aromatic carbocycles. The first-order valence-electron chi connectivity index (χ1n) is 7.07. The second-order valence-corrected chi connectivity index (χ2v) is 6.80. The molecule has 1 unspecified atom stereocenters. The maximum absolute atomic E-state index is 6.44. The molecule has 0 fully saturated rings. The fourth-order valence-electron chi connectivity index (χ4n) is 3.03. The summed E-state index contributed by atoms with van der Waals surface area (Å²) in [4.78, 5) is 2.94. The van der Waals surface area contributed by atoms with E-state index in [1.165, 1.54) is 40.8 Å². The third kappa shape index (κ3) is 2.47. The molecule has 0 saturated heterocycles. The van der Waals surface area contributed by atoms with Crippen molar-refractivity contribution in [2.75, 3.05) is 0 Å². The van der Waals surface area contributed by atoms with Gasteiger partial charge in [-0.3, -0.25) is 0 Å². The summed E-state index contributed by atoms with van der Waals surface area (Å²) in [5.41, 5.74) is 12.1. The Bertz CT molecular complexity index is 556. The van der Waals surface area contributed by atoms with E-state index in [2.05, 4.69) is 38.1 Å². The maximum atomic E-state index is 6.44. The van der Waals surface area contributed by atoms with E-state index in [-0.39, 0.29) is 6.04 Å². The molecule has 0 saturated carbocycles. The molecular formula is C17H21NS. The van der Waals surface area contributed by atoms with Crippen molar-refractivity contribution in [3.8, 4) is 0 Å². The summed E-state index contributed by atoms with van der Waals surface area (Å²) in [7, 11) is 0. The fraction of sp³-hybridized carbons (Fsp3) is 0.412. The molecule has 2 heteroatoms. The van der Waals surface area contributed by atoms with Gasteiger partial charge in [-0.1, -0.05) is 18.2 Å². The third-order valence-corrected chi connectivity index (χ3v) is 5.57. The van der Waals surface area contributed by atoms with E-state index >= 15 is 0 Å². The lowest BCUT2D eigenvalue weighted by Crippen LogP contribution is -2.13. The third-order valence-electron chi connectivity index (χ3n) is 4.20. The molecule has 100 valence electrons. The van der Waals surface area contributed by atoms with Crippen molar-refractivity contribution in [3.63, 3.8) is 0 Å². The van der Waals surface area contributed by atoms with Gasteiger partial charge < -0.3 is 5.73 Å². The van der Waals surface area contributed by atoms with Crippen LogP contribution in [0.1, 0.15) is 44.5 Å². The van der Waals surface area contributed by atoms with E-state index in [0.717, 1.165) is 6.42 Å². The van der Waals surface area contributed by atoms with Crippen LogP contribution in [0.3, 0.4) is 0 Å². The Balaban J connectivity index is 1.82.